The number of rotatable bonds is 3. The lowest BCUT2D eigenvalue weighted by atomic mass is 9.99. The molecule has 0 fully saturated rings. The van der Waals surface area contributed by atoms with E-state index in [1.807, 2.05) is 12.4 Å². The lowest BCUT2D eigenvalue weighted by Gasteiger charge is -2.07. The first-order valence-electron chi connectivity index (χ1n) is 5.71. The van der Waals surface area contributed by atoms with Gasteiger partial charge in [0.05, 0.1) is 0 Å². The Bertz CT molecular complexity index is 429. The fourth-order valence-electron chi connectivity index (χ4n) is 1.94. The van der Waals surface area contributed by atoms with Crippen LogP contribution >= 0.6 is 0 Å². The Morgan fingerprint density at radius 2 is 1.56 bits per heavy atom. The quantitative estimate of drug-likeness (QED) is 0.757. The third-order valence-electron chi connectivity index (χ3n) is 3.06. The molecule has 0 bridgehead atoms. The second kappa shape index (κ2) is 4.93. The van der Waals surface area contributed by atoms with Gasteiger partial charge in [0.15, 0.2) is 0 Å². The van der Waals surface area contributed by atoms with E-state index < -0.39 is 0 Å². The molecule has 0 N–H and O–H groups in total. The van der Waals surface area contributed by atoms with Gasteiger partial charge in [0.25, 0.3) is 0 Å². The van der Waals surface area contributed by atoms with Gasteiger partial charge in [-0.3, -0.25) is 4.98 Å². The maximum absolute atomic E-state index is 4.12. The van der Waals surface area contributed by atoms with Gasteiger partial charge in [0.2, 0.25) is 0 Å². The summed E-state index contributed by atoms with van der Waals surface area (Å²) in [5.41, 5.74) is 5.52. The largest absolute Gasteiger partial charge is 0.264 e. The third-order valence-corrected chi connectivity index (χ3v) is 3.06. The lowest BCUT2D eigenvalue weighted by Crippen LogP contribution is -1.96. The molecule has 1 heterocycles. The summed E-state index contributed by atoms with van der Waals surface area (Å²) in [6.45, 7) is 4.30. The zero-order valence-corrected chi connectivity index (χ0v) is 9.90. The second-order valence-electron chi connectivity index (χ2n) is 4.23. The molecule has 0 spiro atoms. The van der Waals surface area contributed by atoms with E-state index >= 15 is 0 Å². The molecule has 1 aromatic heterocycles. The minimum atomic E-state index is 1.10. The van der Waals surface area contributed by atoms with Crippen LogP contribution in [0.1, 0.15) is 22.3 Å². The van der Waals surface area contributed by atoms with Crippen LogP contribution in [-0.2, 0) is 12.8 Å². The lowest BCUT2D eigenvalue weighted by molar-refractivity contribution is 0.933. The Hall–Kier alpha value is -1.63. The Kier molecular flexibility index (Phi) is 3.35. The second-order valence-corrected chi connectivity index (χ2v) is 4.23. The van der Waals surface area contributed by atoms with Crippen molar-refractivity contribution in [3.05, 3.63) is 65.0 Å². The summed E-state index contributed by atoms with van der Waals surface area (Å²) in [5.74, 6) is 0. The Morgan fingerprint density at radius 3 is 2.25 bits per heavy atom. The molecule has 82 valence electrons. The van der Waals surface area contributed by atoms with Gasteiger partial charge in [0.1, 0.15) is 0 Å². The molecule has 0 saturated heterocycles. The number of aryl methyl sites for hydroxylation is 4. The van der Waals surface area contributed by atoms with Gasteiger partial charge >= 0.3 is 0 Å². The van der Waals surface area contributed by atoms with E-state index in [0.717, 1.165) is 12.8 Å². The normalized spacial score (nSPS) is 10.4. The zero-order valence-electron chi connectivity index (χ0n) is 9.90. The summed E-state index contributed by atoms with van der Waals surface area (Å²) in [7, 11) is 0. The molecule has 0 unspecified atom stereocenters. The average Bonchev–Trinajstić information content (AvgIpc) is 2.30. The first kappa shape index (κ1) is 10.9. The van der Waals surface area contributed by atoms with Crippen molar-refractivity contribution < 1.29 is 0 Å². The van der Waals surface area contributed by atoms with Crippen LogP contribution in [-0.4, -0.2) is 4.98 Å². The summed E-state index contributed by atoms with van der Waals surface area (Å²) in [5, 5.41) is 0. The van der Waals surface area contributed by atoms with Crippen molar-refractivity contribution in [2.45, 2.75) is 26.7 Å². The van der Waals surface area contributed by atoms with Crippen molar-refractivity contribution in [3.8, 4) is 0 Å². The highest BCUT2D eigenvalue weighted by Gasteiger charge is 2.00. The number of nitrogens with zero attached hydrogens (tertiary/aromatic N) is 1. The van der Waals surface area contributed by atoms with Gasteiger partial charge in [-0.15, -0.1) is 0 Å². The smallest absolute Gasteiger partial charge is 0.0299 e. The van der Waals surface area contributed by atoms with Gasteiger partial charge in [-0.2, -0.15) is 0 Å². The van der Waals surface area contributed by atoms with Crippen LogP contribution in [0.5, 0.6) is 0 Å². The minimum absolute atomic E-state index is 1.10. The van der Waals surface area contributed by atoms with Crippen molar-refractivity contribution in [2.75, 3.05) is 0 Å². The maximum Gasteiger partial charge on any atom is 0.0299 e. The monoisotopic (exact) mass is 211 g/mol. The molecule has 16 heavy (non-hydrogen) atoms. The molecule has 1 nitrogen and oxygen atoms in total. The fourth-order valence-corrected chi connectivity index (χ4v) is 1.94. The van der Waals surface area contributed by atoms with E-state index in [1.54, 1.807) is 0 Å². The zero-order chi connectivity index (χ0) is 11.4. The molecular formula is C15H17N. The number of hydrogen-bond donors (Lipinski definition) is 0. The van der Waals surface area contributed by atoms with E-state index in [9.17, 15) is 0 Å². The minimum Gasteiger partial charge on any atom is -0.264 e. The van der Waals surface area contributed by atoms with Crippen LogP contribution in [0.2, 0.25) is 0 Å². The van der Waals surface area contributed by atoms with Gasteiger partial charge in [-0.1, -0.05) is 24.3 Å². The van der Waals surface area contributed by atoms with E-state index in [4.69, 9.17) is 0 Å². The van der Waals surface area contributed by atoms with Crippen molar-refractivity contribution in [3.63, 3.8) is 0 Å². The van der Waals surface area contributed by atoms with E-state index in [0.29, 0.717) is 0 Å². The van der Waals surface area contributed by atoms with Gasteiger partial charge in [-0.25, -0.2) is 0 Å². The molecule has 0 amide bonds. The van der Waals surface area contributed by atoms with Crippen LogP contribution in [0.3, 0.4) is 0 Å². The first-order valence-corrected chi connectivity index (χ1v) is 5.71. The molecule has 0 aliphatic carbocycles. The van der Waals surface area contributed by atoms with Crippen molar-refractivity contribution in [2.24, 2.45) is 0 Å². The van der Waals surface area contributed by atoms with Crippen molar-refractivity contribution in [1.82, 2.24) is 4.98 Å². The highest BCUT2D eigenvalue weighted by Crippen LogP contribution is 2.13. The fraction of sp³-hybridized carbons (Fsp3) is 0.267. The molecule has 0 saturated carbocycles. The number of aromatic nitrogens is 1. The van der Waals surface area contributed by atoms with Crippen LogP contribution < -0.4 is 0 Å². The molecule has 2 aromatic rings. The average molecular weight is 211 g/mol. The van der Waals surface area contributed by atoms with Gasteiger partial charge < -0.3 is 0 Å². The number of benzene rings is 1. The molecule has 1 aromatic carbocycles. The van der Waals surface area contributed by atoms with E-state index in [2.05, 4.69) is 49.2 Å². The molecule has 0 atom stereocenters. The SMILES string of the molecule is Cc1ccccc1CCc1ccncc1C. The van der Waals surface area contributed by atoms with Crippen molar-refractivity contribution in [1.29, 1.82) is 0 Å². The predicted octanol–water partition coefficient (Wildman–Crippen LogP) is 3.48. The Balaban J connectivity index is 2.09. The molecule has 1 heteroatoms. The van der Waals surface area contributed by atoms with Crippen LogP contribution in [0, 0.1) is 13.8 Å². The predicted molar refractivity (Wildman–Crippen MR) is 67.6 cm³/mol. The summed E-state index contributed by atoms with van der Waals surface area (Å²) in [6, 6.07) is 10.7. The van der Waals surface area contributed by atoms with Crippen LogP contribution in [0.4, 0.5) is 0 Å². The summed E-state index contributed by atoms with van der Waals surface area (Å²) >= 11 is 0. The van der Waals surface area contributed by atoms with Crippen LogP contribution in [0.25, 0.3) is 0 Å². The summed E-state index contributed by atoms with van der Waals surface area (Å²) in [4.78, 5) is 4.12. The first-order chi connectivity index (χ1) is 7.77. The van der Waals surface area contributed by atoms with Gasteiger partial charge in [-0.05, 0) is 55.0 Å². The molecule has 0 aliphatic rings. The third kappa shape index (κ3) is 2.48. The molecular weight excluding hydrogens is 194 g/mol. The summed E-state index contributed by atoms with van der Waals surface area (Å²) < 4.78 is 0. The van der Waals surface area contributed by atoms with E-state index in [1.165, 1.54) is 22.3 Å². The van der Waals surface area contributed by atoms with Crippen molar-refractivity contribution >= 4 is 0 Å². The van der Waals surface area contributed by atoms with Gasteiger partial charge in [0, 0.05) is 12.4 Å². The standard InChI is InChI=1S/C15H17N/c1-12-5-3-4-6-14(12)7-8-15-9-10-16-11-13(15)2/h3-6,9-11H,7-8H2,1-2H3. The molecule has 0 aliphatic heterocycles. The summed E-state index contributed by atoms with van der Waals surface area (Å²) in [6.07, 6.45) is 6.02. The Morgan fingerprint density at radius 1 is 0.875 bits per heavy atom. The van der Waals surface area contributed by atoms with Crippen LogP contribution in [0.15, 0.2) is 42.7 Å². The number of pyridine rings is 1. The maximum atomic E-state index is 4.12. The highest BCUT2D eigenvalue weighted by molar-refractivity contribution is 5.28. The Labute approximate surface area is 97.2 Å². The molecule has 0 radical (unpaired) electrons. The topological polar surface area (TPSA) is 12.9 Å². The number of hydrogen-bond acceptors (Lipinski definition) is 1. The highest BCUT2D eigenvalue weighted by atomic mass is 14.6. The molecule has 2 rings (SSSR count). The van der Waals surface area contributed by atoms with E-state index in [-0.39, 0.29) is 0 Å².